The first-order valence-electron chi connectivity index (χ1n) is 14.2. The van der Waals surface area contributed by atoms with Gasteiger partial charge < -0.3 is 4.90 Å². The van der Waals surface area contributed by atoms with E-state index >= 15 is 0 Å². The van der Waals surface area contributed by atoms with Gasteiger partial charge in [0.2, 0.25) is 5.91 Å². The molecule has 0 unspecified atom stereocenters. The smallest absolute Gasteiger partial charge is 0.256 e. The first kappa shape index (κ1) is 24.9. The van der Waals surface area contributed by atoms with Crippen LogP contribution < -0.4 is 4.90 Å². The Labute approximate surface area is 226 Å². The molecule has 0 aromatic heterocycles. The van der Waals surface area contributed by atoms with E-state index < -0.39 is 5.54 Å². The van der Waals surface area contributed by atoms with E-state index in [9.17, 15) is 9.59 Å². The van der Waals surface area contributed by atoms with Crippen LogP contribution in [-0.4, -0.2) is 46.9 Å². The lowest BCUT2D eigenvalue weighted by Gasteiger charge is -2.45. The van der Waals surface area contributed by atoms with Crippen LogP contribution in [0.25, 0.3) is 0 Å². The number of benzene rings is 3. The molecule has 196 valence electrons. The van der Waals surface area contributed by atoms with E-state index in [4.69, 9.17) is 0 Å². The van der Waals surface area contributed by atoms with Crippen molar-refractivity contribution in [1.29, 1.82) is 0 Å². The summed E-state index contributed by atoms with van der Waals surface area (Å²) >= 11 is 0. The predicted octanol–water partition coefficient (Wildman–Crippen LogP) is 6.02. The van der Waals surface area contributed by atoms with Crippen molar-refractivity contribution in [3.8, 4) is 0 Å². The molecule has 2 saturated heterocycles. The van der Waals surface area contributed by atoms with Crippen LogP contribution in [0.15, 0.2) is 91.0 Å². The van der Waals surface area contributed by atoms with Crippen molar-refractivity contribution in [3.05, 3.63) is 102 Å². The van der Waals surface area contributed by atoms with Gasteiger partial charge in [-0.25, -0.2) is 0 Å². The molecule has 2 aliphatic heterocycles. The summed E-state index contributed by atoms with van der Waals surface area (Å²) in [5, 5.41) is 0. The zero-order valence-corrected chi connectivity index (χ0v) is 22.0. The van der Waals surface area contributed by atoms with Crippen molar-refractivity contribution in [2.75, 3.05) is 24.7 Å². The average Bonchev–Trinajstić information content (AvgIpc) is 3.27. The van der Waals surface area contributed by atoms with Crippen LogP contribution in [0.5, 0.6) is 0 Å². The molecule has 0 radical (unpaired) electrons. The number of hydrogen-bond acceptors (Lipinski definition) is 4. The first-order chi connectivity index (χ1) is 18.7. The Balaban J connectivity index is 1.30. The van der Waals surface area contributed by atoms with Gasteiger partial charge in [-0.3, -0.25) is 19.4 Å². The largest absolute Gasteiger partial charge is 0.338 e. The van der Waals surface area contributed by atoms with E-state index in [2.05, 4.69) is 82.6 Å². The Morgan fingerprint density at radius 3 is 1.82 bits per heavy atom. The maximum Gasteiger partial charge on any atom is 0.256 e. The molecule has 3 aromatic rings. The summed E-state index contributed by atoms with van der Waals surface area (Å²) < 4.78 is 0. The van der Waals surface area contributed by atoms with Crippen LogP contribution >= 0.6 is 0 Å². The van der Waals surface area contributed by atoms with Crippen LogP contribution in [-0.2, 0) is 9.59 Å². The van der Waals surface area contributed by atoms with Crippen LogP contribution in [0.4, 0.5) is 5.69 Å². The number of carbonyl (C=O) groups is 2. The summed E-state index contributed by atoms with van der Waals surface area (Å²) in [4.78, 5) is 34.2. The molecule has 6 rings (SSSR count). The second-order valence-electron chi connectivity index (χ2n) is 11.1. The molecule has 5 heteroatoms. The number of amides is 2. The number of anilines is 1. The summed E-state index contributed by atoms with van der Waals surface area (Å²) in [6.45, 7) is 1.93. The second-order valence-corrected chi connectivity index (χ2v) is 11.1. The van der Waals surface area contributed by atoms with Crippen LogP contribution in [0.1, 0.15) is 62.1 Å². The van der Waals surface area contributed by atoms with E-state index in [1.807, 2.05) is 18.2 Å². The van der Waals surface area contributed by atoms with Gasteiger partial charge in [0.1, 0.15) is 12.2 Å². The van der Waals surface area contributed by atoms with E-state index in [1.54, 1.807) is 4.90 Å². The third-order valence-electron chi connectivity index (χ3n) is 8.95. The zero-order chi connectivity index (χ0) is 26.0. The van der Waals surface area contributed by atoms with Gasteiger partial charge in [-0.15, -0.1) is 0 Å². The lowest BCUT2D eigenvalue weighted by atomic mass is 9.83. The highest BCUT2D eigenvalue weighted by Gasteiger charge is 2.56. The molecule has 1 saturated carbocycles. The van der Waals surface area contributed by atoms with E-state index in [0.29, 0.717) is 19.5 Å². The fourth-order valence-corrected chi connectivity index (χ4v) is 6.90. The molecular weight excluding hydrogens is 470 g/mol. The number of piperidine rings is 1. The highest BCUT2D eigenvalue weighted by Crippen LogP contribution is 2.43. The minimum Gasteiger partial charge on any atom is -0.338 e. The molecule has 1 aliphatic carbocycles. The predicted molar refractivity (Wildman–Crippen MR) is 150 cm³/mol. The Morgan fingerprint density at radius 2 is 1.26 bits per heavy atom. The molecule has 0 atom stereocenters. The van der Waals surface area contributed by atoms with Crippen molar-refractivity contribution >= 4 is 17.5 Å². The van der Waals surface area contributed by atoms with Crippen molar-refractivity contribution < 1.29 is 9.59 Å². The third kappa shape index (κ3) is 4.54. The Hall–Kier alpha value is -3.44. The average molecular weight is 508 g/mol. The van der Waals surface area contributed by atoms with Crippen LogP contribution in [0, 0.1) is 5.92 Å². The maximum atomic E-state index is 14.2. The van der Waals surface area contributed by atoms with Crippen molar-refractivity contribution in [2.24, 2.45) is 5.92 Å². The number of rotatable bonds is 5. The number of nitrogens with zero attached hydrogens (tertiary/aromatic N) is 3. The highest BCUT2D eigenvalue weighted by atomic mass is 16.2. The van der Waals surface area contributed by atoms with Gasteiger partial charge in [0.05, 0.1) is 6.04 Å². The molecule has 3 aromatic carbocycles. The highest BCUT2D eigenvalue weighted by molar-refractivity contribution is 6.05. The Kier molecular flexibility index (Phi) is 7.03. The molecular formula is C33H37N3O2. The summed E-state index contributed by atoms with van der Waals surface area (Å²) in [5.74, 6) is 0.0371. The molecule has 2 amide bonds. The van der Waals surface area contributed by atoms with Gasteiger partial charge in [0, 0.05) is 24.7 Å². The summed E-state index contributed by atoms with van der Waals surface area (Å²) in [6, 6.07) is 31.7. The molecule has 3 aliphatic rings. The Bertz CT molecular complexity index is 1190. The molecule has 0 N–H and O–H groups in total. The molecule has 38 heavy (non-hydrogen) atoms. The van der Waals surface area contributed by atoms with Gasteiger partial charge in [-0.1, -0.05) is 98.1 Å². The molecule has 3 fully saturated rings. The minimum absolute atomic E-state index is 0.00699. The van der Waals surface area contributed by atoms with E-state index in [1.165, 1.54) is 17.5 Å². The van der Waals surface area contributed by atoms with Gasteiger partial charge in [-0.05, 0) is 48.9 Å². The topological polar surface area (TPSA) is 43.9 Å². The van der Waals surface area contributed by atoms with Gasteiger partial charge in [0.25, 0.3) is 5.91 Å². The van der Waals surface area contributed by atoms with Crippen molar-refractivity contribution in [3.63, 3.8) is 0 Å². The summed E-state index contributed by atoms with van der Waals surface area (Å²) in [6.07, 6.45) is 6.58. The third-order valence-corrected chi connectivity index (χ3v) is 8.95. The minimum atomic E-state index is -0.680. The number of carbonyl (C=O) groups excluding carboxylic acids is 2. The lowest BCUT2D eigenvalue weighted by molar-refractivity contribution is -0.148. The summed E-state index contributed by atoms with van der Waals surface area (Å²) in [7, 11) is 0. The van der Waals surface area contributed by atoms with Gasteiger partial charge in [-0.2, -0.15) is 0 Å². The fraction of sp³-hybridized carbons (Fsp3) is 0.394. The maximum absolute atomic E-state index is 14.2. The molecule has 0 bridgehead atoms. The normalized spacial score (nSPS) is 20.4. The number of likely N-dealkylation sites (tertiary alicyclic amines) is 1. The molecule has 1 spiro atoms. The molecule has 2 heterocycles. The fourth-order valence-electron chi connectivity index (χ4n) is 6.90. The van der Waals surface area contributed by atoms with E-state index in [-0.39, 0.29) is 23.8 Å². The first-order valence-corrected chi connectivity index (χ1v) is 14.2. The number of para-hydroxylation sites is 1. The quantitative estimate of drug-likeness (QED) is 0.396. The van der Waals surface area contributed by atoms with Gasteiger partial charge >= 0.3 is 0 Å². The molecule has 5 nitrogen and oxygen atoms in total. The SMILES string of the molecule is O=C(C1CCCCC1)N1CN(c2ccccc2)C2(CCN(C(c3ccccc3)c3ccccc3)CC2)C1=O. The zero-order valence-electron chi connectivity index (χ0n) is 22.0. The number of hydrogen-bond donors (Lipinski definition) is 0. The van der Waals surface area contributed by atoms with Crippen LogP contribution in [0.2, 0.25) is 0 Å². The van der Waals surface area contributed by atoms with Crippen molar-refractivity contribution in [1.82, 2.24) is 9.80 Å². The lowest BCUT2D eigenvalue weighted by Crippen LogP contribution is -2.57. The Morgan fingerprint density at radius 1 is 0.737 bits per heavy atom. The van der Waals surface area contributed by atoms with Crippen molar-refractivity contribution in [2.45, 2.75) is 56.5 Å². The van der Waals surface area contributed by atoms with E-state index in [0.717, 1.165) is 44.5 Å². The standard InChI is InChI=1S/C33H37N3O2/c37-31(28-17-9-3-10-18-28)35-25-36(29-19-11-4-12-20-29)33(32(35)38)21-23-34(24-22-33)30(26-13-5-1-6-14-26)27-15-7-2-8-16-27/h1-2,4-8,11-16,19-20,28,30H,3,9-10,17-18,21-25H2. The van der Waals surface area contributed by atoms with Gasteiger partial charge in [0.15, 0.2) is 0 Å². The number of imide groups is 1. The van der Waals surface area contributed by atoms with Crippen LogP contribution in [0.3, 0.4) is 0 Å². The monoisotopic (exact) mass is 507 g/mol. The second kappa shape index (κ2) is 10.7. The summed E-state index contributed by atoms with van der Waals surface area (Å²) in [5.41, 5.74) is 2.87.